The molecule has 0 bridgehead atoms. The average Bonchev–Trinajstić information content (AvgIpc) is 1.76. The molecule has 12 nitrogen and oxygen atoms in total. The van der Waals surface area contributed by atoms with Crippen LogP contribution in [0, 0.1) is 0 Å². The van der Waals surface area contributed by atoms with Crippen LogP contribution in [0.3, 0.4) is 0 Å². The van der Waals surface area contributed by atoms with Crippen molar-refractivity contribution in [3.8, 4) is 0 Å². The number of rotatable bonds is 0. The van der Waals surface area contributed by atoms with Crippen molar-refractivity contribution >= 4 is 34.1 Å². The van der Waals surface area contributed by atoms with Crippen molar-refractivity contribution in [1.29, 1.82) is 0 Å². The van der Waals surface area contributed by atoms with Crippen LogP contribution in [0.25, 0.3) is 0 Å². The summed E-state index contributed by atoms with van der Waals surface area (Å²) in [6, 6.07) is 0. The Bertz CT molecular complexity index is 72.5. The van der Waals surface area contributed by atoms with Crippen molar-refractivity contribution in [2.45, 2.75) is 7.43 Å². The predicted octanol–water partition coefficient (Wildman–Crippen LogP) is -2.74. The van der Waals surface area contributed by atoms with Crippen LogP contribution in [0.2, 0.25) is 0 Å². The van der Waals surface area contributed by atoms with Gasteiger partial charge in [0.1, 0.15) is 0 Å². The number of nitrogens with two attached hydrogens (primary N) is 4. The van der Waals surface area contributed by atoms with Gasteiger partial charge < -0.3 is 39.1 Å². The topological polar surface area (TPSA) is 266 Å². The minimum atomic E-state index is -2.12. The third-order valence-corrected chi connectivity index (χ3v) is 0. The summed E-state index contributed by atoms with van der Waals surface area (Å²) in [5.41, 5.74) is 17.1. The highest BCUT2D eigenvalue weighted by Crippen LogP contribution is 2.05. The van der Waals surface area contributed by atoms with Crippen LogP contribution < -0.4 is 22.0 Å². The Hall–Kier alpha value is 1.24. The molecule has 16 heteroatoms. The first kappa shape index (κ1) is 30.9. The monoisotopic (exact) mass is 340 g/mol. The van der Waals surface area contributed by atoms with Crippen molar-refractivity contribution in [2.24, 2.45) is 22.0 Å². The third-order valence-electron chi connectivity index (χ3n) is 0. The molecule has 0 aromatic carbocycles. The Morgan fingerprint density at radius 2 is 0.412 bits per heavy atom. The molecule has 17 heavy (non-hydrogen) atoms. The van der Waals surface area contributed by atoms with E-state index in [9.17, 15) is 0 Å². The molecule has 0 atom stereocenters. The summed E-state index contributed by atoms with van der Waals surface area (Å²) in [6.07, 6.45) is 0. The van der Waals surface area contributed by atoms with E-state index in [1.807, 2.05) is 0 Å². The van der Waals surface area contributed by atoms with Gasteiger partial charge in [0.25, 0.3) is 0 Å². The standard InChI is InChI=1S/CH4.4H4NO2P/c;4*1-4(2)3/h1H4;4*2-3H,1H2. The molecule has 0 saturated carbocycles. The first-order valence-corrected chi connectivity index (χ1v) is 7.90. The van der Waals surface area contributed by atoms with Gasteiger partial charge in [-0.3, -0.25) is 22.0 Å². The van der Waals surface area contributed by atoms with Gasteiger partial charge in [-0.25, -0.2) is 0 Å². The van der Waals surface area contributed by atoms with E-state index in [1.54, 1.807) is 0 Å². The lowest BCUT2D eigenvalue weighted by Crippen LogP contribution is -1.78. The van der Waals surface area contributed by atoms with Crippen LogP contribution in [0.1, 0.15) is 7.43 Å². The Labute approximate surface area is 103 Å². The maximum atomic E-state index is 7.45. The van der Waals surface area contributed by atoms with Gasteiger partial charge in [-0.15, -0.1) is 0 Å². The molecule has 0 unspecified atom stereocenters. The second kappa shape index (κ2) is 25.9. The molecule has 0 aromatic heterocycles. The fourth-order valence-electron chi connectivity index (χ4n) is 0. The molecule has 0 spiro atoms. The summed E-state index contributed by atoms with van der Waals surface area (Å²) in [7, 11) is -8.48. The van der Waals surface area contributed by atoms with Crippen molar-refractivity contribution < 1.29 is 39.1 Å². The molecule has 0 radical (unpaired) electrons. The summed E-state index contributed by atoms with van der Waals surface area (Å²) in [5.74, 6) is 0. The van der Waals surface area contributed by atoms with E-state index in [4.69, 9.17) is 39.1 Å². The first-order valence-electron chi connectivity index (χ1n) is 2.63. The van der Waals surface area contributed by atoms with Crippen molar-refractivity contribution in [1.82, 2.24) is 0 Å². The van der Waals surface area contributed by atoms with Gasteiger partial charge in [0.15, 0.2) is 0 Å². The van der Waals surface area contributed by atoms with Gasteiger partial charge in [0.2, 0.25) is 34.1 Å². The Balaban J connectivity index is -0.0000000369. The van der Waals surface area contributed by atoms with Gasteiger partial charge in [0, 0.05) is 0 Å². The van der Waals surface area contributed by atoms with E-state index in [-0.39, 0.29) is 7.43 Å². The highest BCUT2D eigenvalue weighted by Gasteiger charge is 1.73. The van der Waals surface area contributed by atoms with E-state index in [0.717, 1.165) is 0 Å². The molecule has 0 heterocycles. The van der Waals surface area contributed by atoms with Crippen LogP contribution in [-0.2, 0) is 0 Å². The van der Waals surface area contributed by atoms with Crippen LogP contribution in [-0.4, -0.2) is 39.1 Å². The molecule has 0 aliphatic carbocycles. The van der Waals surface area contributed by atoms with Gasteiger partial charge in [0.05, 0.1) is 0 Å². The quantitative estimate of drug-likeness (QED) is 0.200. The molecule has 0 aromatic rings. The molecule has 0 aliphatic rings. The predicted molar refractivity (Wildman–Crippen MR) is 68.9 cm³/mol. The second-order valence-electron chi connectivity index (χ2n) is 1.28. The number of hydrogen-bond donors (Lipinski definition) is 12. The number of hydrogen-bond acceptors (Lipinski definition) is 12. The molecule has 16 N–H and O–H groups in total. The Kier molecular flexibility index (Phi) is 47.2. The average molecular weight is 340 g/mol. The minimum absolute atomic E-state index is 0. The van der Waals surface area contributed by atoms with Crippen LogP contribution >= 0.6 is 34.1 Å². The second-order valence-corrected chi connectivity index (χ2v) is 3.84. The van der Waals surface area contributed by atoms with Crippen molar-refractivity contribution in [2.75, 3.05) is 0 Å². The van der Waals surface area contributed by atoms with Gasteiger partial charge in [-0.1, -0.05) is 7.43 Å². The van der Waals surface area contributed by atoms with Crippen LogP contribution in [0.15, 0.2) is 0 Å². The zero-order valence-corrected chi connectivity index (χ0v) is 11.3. The Morgan fingerprint density at radius 3 is 0.412 bits per heavy atom. The fourth-order valence-corrected chi connectivity index (χ4v) is 0. The maximum Gasteiger partial charge on any atom is 0.247 e. The molecule has 112 valence electrons. The summed E-state index contributed by atoms with van der Waals surface area (Å²) >= 11 is 0. The Morgan fingerprint density at radius 1 is 0.412 bits per heavy atom. The summed E-state index contributed by atoms with van der Waals surface area (Å²) in [4.78, 5) is 59.6. The molecule has 0 amide bonds. The minimum Gasteiger partial charge on any atom is -0.338 e. The zero-order valence-electron chi connectivity index (χ0n) is 7.68. The SMILES string of the molecule is C.NP(O)O.NP(O)O.NP(O)O.NP(O)O. The largest absolute Gasteiger partial charge is 0.338 e. The van der Waals surface area contributed by atoms with E-state index in [0.29, 0.717) is 0 Å². The van der Waals surface area contributed by atoms with Gasteiger partial charge in [-0.2, -0.15) is 0 Å². The van der Waals surface area contributed by atoms with Crippen molar-refractivity contribution in [3.05, 3.63) is 0 Å². The van der Waals surface area contributed by atoms with Gasteiger partial charge >= 0.3 is 0 Å². The fraction of sp³-hybridized carbons (Fsp3) is 1.00. The summed E-state index contributed by atoms with van der Waals surface area (Å²) in [5, 5.41) is 0. The molecule has 0 aliphatic heterocycles. The lowest BCUT2D eigenvalue weighted by Gasteiger charge is -1.79. The molecule has 0 saturated heterocycles. The zero-order chi connectivity index (χ0) is 14.3. The lowest BCUT2D eigenvalue weighted by molar-refractivity contribution is 0.483. The van der Waals surface area contributed by atoms with Crippen LogP contribution in [0.4, 0.5) is 0 Å². The highest BCUT2D eigenvalue weighted by atomic mass is 31.2. The molecular weight excluding hydrogens is 320 g/mol. The van der Waals surface area contributed by atoms with Crippen LogP contribution in [0.5, 0.6) is 0 Å². The van der Waals surface area contributed by atoms with Gasteiger partial charge in [-0.05, 0) is 0 Å². The highest BCUT2D eigenvalue weighted by molar-refractivity contribution is 7.42. The lowest BCUT2D eigenvalue weighted by atomic mass is 12.0. The van der Waals surface area contributed by atoms with E-state index in [2.05, 4.69) is 22.0 Å². The van der Waals surface area contributed by atoms with E-state index >= 15 is 0 Å². The normalized spacial score (nSPS) is 8.47. The third kappa shape index (κ3) is 2600. The molecular formula is CH20N4O8P4. The first-order chi connectivity index (χ1) is 6.93. The summed E-state index contributed by atoms with van der Waals surface area (Å²) in [6.45, 7) is 0. The molecule has 0 rings (SSSR count). The van der Waals surface area contributed by atoms with E-state index in [1.165, 1.54) is 0 Å². The smallest absolute Gasteiger partial charge is 0.247 e. The van der Waals surface area contributed by atoms with E-state index < -0.39 is 34.1 Å². The molecule has 0 fully saturated rings. The summed E-state index contributed by atoms with van der Waals surface area (Å²) < 4.78 is 0. The maximum absolute atomic E-state index is 7.45. The van der Waals surface area contributed by atoms with Crippen molar-refractivity contribution in [3.63, 3.8) is 0 Å².